The molecule has 0 saturated heterocycles. The van der Waals surface area contributed by atoms with Gasteiger partial charge in [0.05, 0.1) is 6.73 Å². The first-order chi connectivity index (χ1) is 4.15. The van der Waals surface area contributed by atoms with Crippen molar-refractivity contribution in [3.8, 4) is 0 Å². The average molecular weight is 199 g/mol. The number of aliphatic hydroxyl groups excluding tert-OH is 2. The Balaban J connectivity index is -0.0000000383. The molecule has 3 nitrogen and oxygen atoms in total. The summed E-state index contributed by atoms with van der Waals surface area (Å²) < 4.78 is 0. The number of aliphatic hydroxyl groups is 2. The summed E-state index contributed by atoms with van der Waals surface area (Å²) in [5.74, 6) is 0. The monoisotopic (exact) mass is 199 g/mol. The molecule has 0 fully saturated rings. The van der Waals surface area contributed by atoms with E-state index in [1.165, 1.54) is 0 Å². The second-order valence-electron chi connectivity index (χ2n) is 1.86. The van der Waals surface area contributed by atoms with Crippen molar-refractivity contribution in [1.29, 1.82) is 0 Å². The largest absolute Gasteiger partial charge is 0.394 e. The van der Waals surface area contributed by atoms with Crippen molar-refractivity contribution in [2.24, 2.45) is 0 Å². The first kappa shape index (κ1) is 22.6. The molecule has 0 saturated carbocycles. The Labute approximate surface area is 85.1 Å². The molecule has 0 aromatic rings. The topological polar surface area (TPSA) is 52.5 Å². The Bertz CT molecular complexity index is 40.7. The molecule has 0 heterocycles. The molecule has 0 rings (SSSR count). The molecule has 4 heteroatoms. The van der Waals surface area contributed by atoms with Gasteiger partial charge in [-0.2, -0.15) is 0 Å². The van der Waals surface area contributed by atoms with Crippen LogP contribution in [0.2, 0.25) is 0 Å². The van der Waals surface area contributed by atoms with Crippen LogP contribution in [-0.4, -0.2) is 29.6 Å². The van der Waals surface area contributed by atoms with Crippen molar-refractivity contribution in [3.05, 3.63) is 0 Å². The Morgan fingerprint density at radius 2 is 1.64 bits per heavy atom. The zero-order valence-electron chi connectivity index (χ0n) is 6.89. The summed E-state index contributed by atoms with van der Waals surface area (Å²) >= 11 is 0. The molecular weight excluding hydrogens is 178 g/mol. The predicted molar refractivity (Wildman–Crippen MR) is 44.8 cm³/mol. The molecule has 0 radical (unpaired) electrons. The third-order valence-electron chi connectivity index (χ3n) is 0.362. The molecule has 0 aromatic carbocycles. The maximum atomic E-state index is 8.06. The summed E-state index contributed by atoms with van der Waals surface area (Å²) in [4.78, 5) is 0. The van der Waals surface area contributed by atoms with Crippen LogP contribution in [0.3, 0.4) is 0 Å². The molecule has 11 heavy (non-hydrogen) atoms. The smallest absolute Gasteiger partial charge is 0.0931 e. The van der Waals surface area contributed by atoms with Gasteiger partial charge < -0.3 is 10.2 Å². The van der Waals surface area contributed by atoms with E-state index >= 15 is 0 Å². The Morgan fingerprint density at radius 1 is 1.36 bits per heavy atom. The van der Waals surface area contributed by atoms with Crippen molar-refractivity contribution < 1.29 is 31.9 Å². The zero-order chi connectivity index (χ0) is 7.70. The Hall–Kier alpha value is 0.594. The zero-order valence-corrected chi connectivity index (χ0v) is 8.45. The molecule has 0 aliphatic carbocycles. The first-order valence-electron chi connectivity index (χ1n) is 3.14. The second kappa shape index (κ2) is 22.4. The van der Waals surface area contributed by atoms with Crippen molar-refractivity contribution >= 4 is 0 Å². The van der Waals surface area contributed by atoms with Gasteiger partial charge in [-0.15, -0.1) is 0 Å². The third kappa shape index (κ3) is 116. The van der Waals surface area contributed by atoms with Crippen LogP contribution in [0, 0.1) is 0 Å². The van der Waals surface area contributed by atoms with E-state index in [0.717, 1.165) is 6.54 Å². The summed E-state index contributed by atoms with van der Waals surface area (Å²) in [5, 5.41) is 18.7. The summed E-state index contributed by atoms with van der Waals surface area (Å²) in [7, 11) is 0. The summed E-state index contributed by atoms with van der Waals surface area (Å²) in [5.41, 5.74) is 0. The van der Waals surface area contributed by atoms with Crippen molar-refractivity contribution in [1.82, 2.24) is 5.32 Å². The number of rotatable bonds is 2. The molecule has 0 aliphatic rings. The quantitative estimate of drug-likeness (QED) is 0.450. The fourth-order valence-electron chi connectivity index (χ4n) is 0.112. The van der Waals surface area contributed by atoms with E-state index in [1.807, 2.05) is 6.92 Å². The van der Waals surface area contributed by atoms with E-state index in [9.17, 15) is 0 Å². The molecular formula is C7H21NO2Ti. The van der Waals surface area contributed by atoms with Crippen molar-refractivity contribution in [2.45, 2.75) is 34.3 Å². The van der Waals surface area contributed by atoms with Gasteiger partial charge in [0.25, 0.3) is 0 Å². The van der Waals surface area contributed by atoms with E-state index in [4.69, 9.17) is 10.2 Å². The SMILES string of the molecule is C.CC(C)O.CCNCO.[Ti]. The van der Waals surface area contributed by atoms with Crippen molar-refractivity contribution in [3.63, 3.8) is 0 Å². The van der Waals surface area contributed by atoms with E-state index in [1.54, 1.807) is 13.8 Å². The van der Waals surface area contributed by atoms with Gasteiger partial charge in [-0.25, -0.2) is 0 Å². The minimum absolute atomic E-state index is 0. The maximum Gasteiger partial charge on any atom is 0.0931 e. The standard InChI is InChI=1S/C3H9NO.C3H8O.CH4.Ti/c1-2-4-3-5;1-3(2)4;;/h4-5H,2-3H2,1H3;3-4H,1-2H3;1H4;. The summed E-state index contributed by atoms with van der Waals surface area (Å²) in [6.45, 7) is 6.32. The van der Waals surface area contributed by atoms with Crippen LogP contribution >= 0.6 is 0 Å². The normalized spacial score (nSPS) is 7.09. The van der Waals surface area contributed by atoms with Gasteiger partial charge in [-0.3, -0.25) is 5.32 Å². The van der Waals surface area contributed by atoms with Crippen LogP contribution in [-0.2, 0) is 21.7 Å². The molecule has 0 aromatic heterocycles. The number of hydrogen-bond acceptors (Lipinski definition) is 3. The van der Waals surface area contributed by atoms with Crippen molar-refractivity contribution in [2.75, 3.05) is 13.3 Å². The summed E-state index contributed by atoms with van der Waals surface area (Å²) in [6, 6.07) is 0. The second-order valence-corrected chi connectivity index (χ2v) is 1.86. The van der Waals surface area contributed by atoms with Gasteiger partial charge in [0.2, 0.25) is 0 Å². The van der Waals surface area contributed by atoms with Gasteiger partial charge >= 0.3 is 0 Å². The maximum absolute atomic E-state index is 8.06. The number of nitrogens with one attached hydrogen (secondary N) is 1. The molecule has 0 bridgehead atoms. The predicted octanol–water partition coefficient (Wildman–Crippen LogP) is 0.566. The van der Waals surface area contributed by atoms with Crippen LogP contribution in [0.15, 0.2) is 0 Å². The molecule has 0 spiro atoms. The minimum Gasteiger partial charge on any atom is -0.394 e. The molecule has 0 atom stereocenters. The third-order valence-corrected chi connectivity index (χ3v) is 0.362. The van der Waals surface area contributed by atoms with Crippen LogP contribution in [0.4, 0.5) is 0 Å². The molecule has 0 unspecified atom stereocenters. The van der Waals surface area contributed by atoms with Gasteiger partial charge in [0.1, 0.15) is 0 Å². The first-order valence-corrected chi connectivity index (χ1v) is 3.14. The van der Waals surface area contributed by atoms with Crippen LogP contribution in [0.5, 0.6) is 0 Å². The Kier molecular flexibility index (Phi) is 46.0. The minimum atomic E-state index is -0.167. The fraction of sp³-hybridized carbons (Fsp3) is 1.00. The summed E-state index contributed by atoms with van der Waals surface area (Å²) in [6.07, 6.45) is -0.167. The number of hydrogen-bond donors (Lipinski definition) is 3. The van der Waals surface area contributed by atoms with E-state index in [2.05, 4.69) is 5.32 Å². The fourth-order valence-corrected chi connectivity index (χ4v) is 0.112. The van der Waals surface area contributed by atoms with E-state index < -0.39 is 0 Å². The van der Waals surface area contributed by atoms with Crippen LogP contribution in [0.25, 0.3) is 0 Å². The molecule has 3 N–H and O–H groups in total. The van der Waals surface area contributed by atoms with E-state index in [-0.39, 0.29) is 42.0 Å². The Morgan fingerprint density at radius 3 is 1.64 bits per heavy atom. The average Bonchev–Trinajstić information content (AvgIpc) is 1.66. The van der Waals surface area contributed by atoms with Crippen LogP contribution in [0.1, 0.15) is 28.2 Å². The van der Waals surface area contributed by atoms with Crippen LogP contribution < -0.4 is 5.32 Å². The van der Waals surface area contributed by atoms with Gasteiger partial charge in [0, 0.05) is 27.8 Å². The molecule has 0 aliphatic heterocycles. The molecule has 70 valence electrons. The van der Waals surface area contributed by atoms with Gasteiger partial charge in [-0.1, -0.05) is 14.4 Å². The van der Waals surface area contributed by atoms with Gasteiger partial charge in [-0.05, 0) is 20.4 Å². The van der Waals surface area contributed by atoms with E-state index in [0.29, 0.717) is 0 Å². The van der Waals surface area contributed by atoms with Gasteiger partial charge in [0.15, 0.2) is 0 Å². The molecule has 0 amide bonds.